The summed E-state index contributed by atoms with van der Waals surface area (Å²) in [5.41, 5.74) is 3.75. The molecule has 1 unspecified atom stereocenters. The van der Waals surface area contributed by atoms with Crippen molar-refractivity contribution in [3.8, 4) is 21.1 Å². The zero-order chi connectivity index (χ0) is 20.8. The van der Waals surface area contributed by atoms with Crippen molar-refractivity contribution in [2.24, 2.45) is 0 Å². The lowest BCUT2D eigenvalue weighted by atomic mass is 10.1. The van der Waals surface area contributed by atoms with Crippen molar-refractivity contribution >= 4 is 51.0 Å². The van der Waals surface area contributed by atoms with Crippen molar-refractivity contribution in [2.75, 3.05) is 10.7 Å². The SMILES string of the molecule is O=C1CSC(c2c(-c3ccccc3)nc3sc(-c4cccs4)nn23)N1c1ccccc1. The van der Waals surface area contributed by atoms with Crippen LogP contribution in [0.15, 0.2) is 78.2 Å². The second kappa shape index (κ2) is 7.64. The van der Waals surface area contributed by atoms with Gasteiger partial charge in [0.25, 0.3) is 0 Å². The van der Waals surface area contributed by atoms with Gasteiger partial charge in [-0.15, -0.1) is 23.1 Å². The lowest BCUT2D eigenvalue weighted by Crippen LogP contribution is -2.28. The number of thioether (sulfide) groups is 1. The second-order valence-corrected chi connectivity index (χ2v) is 10.0. The number of anilines is 1. The molecule has 31 heavy (non-hydrogen) atoms. The summed E-state index contributed by atoms with van der Waals surface area (Å²) in [6.07, 6.45) is 0. The zero-order valence-electron chi connectivity index (χ0n) is 16.2. The van der Waals surface area contributed by atoms with Gasteiger partial charge in [0, 0.05) is 11.3 Å². The predicted octanol–water partition coefficient (Wildman–Crippen LogP) is 5.96. The summed E-state index contributed by atoms with van der Waals surface area (Å²) < 4.78 is 1.94. The van der Waals surface area contributed by atoms with Crippen LogP contribution in [0.5, 0.6) is 0 Å². The molecule has 0 radical (unpaired) electrons. The summed E-state index contributed by atoms with van der Waals surface area (Å²) in [6, 6.07) is 24.1. The Kier molecular flexibility index (Phi) is 4.63. The van der Waals surface area contributed by atoms with Gasteiger partial charge in [0.05, 0.1) is 16.3 Å². The Morgan fingerprint density at radius 3 is 2.45 bits per heavy atom. The van der Waals surface area contributed by atoms with E-state index in [1.165, 1.54) is 0 Å². The number of thiophene rings is 1. The average Bonchev–Trinajstić information content (AvgIpc) is 3.58. The number of hydrogen-bond donors (Lipinski definition) is 0. The Labute approximate surface area is 191 Å². The molecule has 4 heterocycles. The Balaban J connectivity index is 1.57. The van der Waals surface area contributed by atoms with E-state index in [0.717, 1.165) is 37.5 Å². The van der Waals surface area contributed by atoms with Crippen LogP contribution in [0.2, 0.25) is 0 Å². The minimum Gasteiger partial charge on any atom is -0.293 e. The smallest absolute Gasteiger partial charge is 0.238 e. The number of carbonyl (C=O) groups excluding carboxylic acids is 1. The van der Waals surface area contributed by atoms with Crippen molar-refractivity contribution in [1.82, 2.24) is 14.6 Å². The highest BCUT2D eigenvalue weighted by atomic mass is 32.2. The molecule has 2 aromatic carbocycles. The molecule has 0 N–H and O–H groups in total. The number of para-hydroxylation sites is 1. The van der Waals surface area contributed by atoms with Crippen molar-refractivity contribution in [2.45, 2.75) is 5.37 Å². The van der Waals surface area contributed by atoms with Gasteiger partial charge in [0.15, 0.2) is 5.01 Å². The molecule has 3 aromatic heterocycles. The molecule has 8 heteroatoms. The highest BCUT2D eigenvalue weighted by Gasteiger charge is 2.38. The fraction of sp³-hybridized carbons (Fsp3) is 0.0870. The third kappa shape index (κ3) is 3.18. The molecule has 152 valence electrons. The van der Waals surface area contributed by atoms with Crippen LogP contribution in [-0.2, 0) is 4.79 Å². The largest absolute Gasteiger partial charge is 0.293 e. The van der Waals surface area contributed by atoms with Gasteiger partial charge in [0.1, 0.15) is 11.1 Å². The summed E-state index contributed by atoms with van der Waals surface area (Å²) in [6.45, 7) is 0. The first kappa shape index (κ1) is 18.8. The number of nitrogens with zero attached hydrogens (tertiary/aromatic N) is 4. The van der Waals surface area contributed by atoms with Gasteiger partial charge in [-0.1, -0.05) is 65.9 Å². The number of carbonyl (C=O) groups is 1. The Bertz CT molecular complexity index is 1360. The first-order chi connectivity index (χ1) is 15.3. The van der Waals surface area contributed by atoms with E-state index in [1.54, 1.807) is 34.4 Å². The van der Waals surface area contributed by atoms with Crippen molar-refractivity contribution in [3.63, 3.8) is 0 Å². The van der Waals surface area contributed by atoms with Crippen LogP contribution in [0.25, 0.3) is 26.1 Å². The highest BCUT2D eigenvalue weighted by molar-refractivity contribution is 8.00. The van der Waals surface area contributed by atoms with Crippen LogP contribution in [0.4, 0.5) is 5.69 Å². The molecule has 6 rings (SSSR count). The highest BCUT2D eigenvalue weighted by Crippen LogP contribution is 2.46. The Morgan fingerprint density at radius 1 is 0.935 bits per heavy atom. The molecular weight excluding hydrogens is 444 g/mol. The topological polar surface area (TPSA) is 50.5 Å². The first-order valence-electron chi connectivity index (χ1n) is 9.77. The molecule has 0 saturated carbocycles. The molecule has 1 fully saturated rings. The molecule has 0 spiro atoms. The molecule has 1 saturated heterocycles. The molecule has 1 aliphatic rings. The van der Waals surface area contributed by atoms with Crippen molar-refractivity contribution in [1.29, 1.82) is 0 Å². The molecule has 1 atom stereocenters. The van der Waals surface area contributed by atoms with E-state index in [4.69, 9.17) is 10.1 Å². The summed E-state index contributed by atoms with van der Waals surface area (Å²) >= 11 is 4.87. The second-order valence-electron chi connectivity index (χ2n) is 7.05. The summed E-state index contributed by atoms with van der Waals surface area (Å²) in [4.78, 5) is 21.7. The van der Waals surface area contributed by atoms with Crippen LogP contribution in [0.3, 0.4) is 0 Å². The number of benzene rings is 2. The van der Waals surface area contributed by atoms with E-state index in [9.17, 15) is 4.79 Å². The number of aromatic nitrogens is 3. The minimum atomic E-state index is -0.196. The van der Waals surface area contributed by atoms with Crippen LogP contribution >= 0.6 is 34.4 Å². The van der Waals surface area contributed by atoms with Crippen molar-refractivity contribution in [3.05, 3.63) is 83.9 Å². The van der Waals surface area contributed by atoms with E-state index in [2.05, 4.69) is 23.6 Å². The zero-order valence-corrected chi connectivity index (χ0v) is 18.7. The van der Waals surface area contributed by atoms with Gasteiger partial charge in [0.2, 0.25) is 10.9 Å². The Hall–Kier alpha value is -2.94. The normalized spacial score (nSPS) is 16.5. The fourth-order valence-electron chi connectivity index (χ4n) is 3.79. The van der Waals surface area contributed by atoms with Gasteiger partial charge in [-0.05, 0) is 23.6 Å². The maximum atomic E-state index is 12.9. The van der Waals surface area contributed by atoms with Crippen LogP contribution in [0, 0.1) is 0 Å². The molecule has 1 aliphatic heterocycles. The van der Waals surface area contributed by atoms with Crippen LogP contribution in [-0.4, -0.2) is 26.3 Å². The Morgan fingerprint density at radius 2 is 1.71 bits per heavy atom. The average molecular weight is 461 g/mol. The standard InChI is InChI=1S/C23H16N4OS3/c28-18-14-30-22(26(18)16-10-5-2-6-11-16)20-19(15-8-3-1-4-9-15)24-23-27(20)25-21(31-23)17-12-7-13-29-17/h1-13,22H,14H2. The third-order valence-corrected chi connectivity index (χ3v) is 8.26. The van der Waals surface area contributed by atoms with Gasteiger partial charge in [-0.25, -0.2) is 9.50 Å². The summed E-state index contributed by atoms with van der Waals surface area (Å²) in [5.74, 6) is 0.534. The van der Waals surface area contributed by atoms with Crippen LogP contribution < -0.4 is 4.90 Å². The maximum Gasteiger partial charge on any atom is 0.238 e. The number of hydrogen-bond acceptors (Lipinski definition) is 6. The van der Waals surface area contributed by atoms with Gasteiger partial charge in [-0.3, -0.25) is 9.69 Å². The third-order valence-electron chi connectivity index (χ3n) is 5.15. The quantitative estimate of drug-likeness (QED) is 0.332. The summed E-state index contributed by atoms with van der Waals surface area (Å²) in [5, 5.41) is 7.73. The van der Waals surface area contributed by atoms with Gasteiger partial charge < -0.3 is 0 Å². The fourth-order valence-corrected chi connectivity index (χ4v) is 6.68. The molecule has 5 nitrogen and oxygen atoms in total. The molecule has 0 bridgehead atoms. The molecule has 1 amide bonds. The van der Waals surface area contributed by atoms with E-state index < -0.39 is 0 Å². The molecule has 0 aliphatic carbocycles. The minimum absolute atomic E-state index is 0.101. The molecule has 5 aromatic rings. The van der Waals surface area contributed by atoms with E-state index in [0.29, 0.717) is 5.75 Å². The maximum absolute atomic E-state index is 12.9. The lowest BCUT2D eigenvalue weighted by Gasteiger charge is -2.24. The number of amides is 1. The predicted molar refractivity (Wildman–Crippen MR) is 129 cm³/mol. The van der Waals surface area contributed by atoms with Gasteiger partial charge >= 0.3 is 0 Å². The van der Waals surface area contributed by atoms with Crippen LogP contribution in [0.1, 0.15) is 11.1 Å². The summed E-state index contributed by atoms with van der Waals surface area (Å²) in [7, 11) is 0. The number of fused-ring (bicyclic) bond motifs is 1. The lowest BCUT2D eigenvalue weighted by molar-refractivity contribution is -0.115. The monoisotopic (exact) mass is 460 g/mol. The molecular formula is C23H16N4OS3. The number of rotatable bonds is 4. The van der Waals surface area contributed by atoms with E-state index >= 15 is 0 Å². The number of imidazole rings is 1. The van der Waals surface area contributed by atoms with Crippen molar-refractivity contribution < 1.29 is 4.79 Å². The van der Waals surface area contributed by atoms with E-state index in [-0.39, 0.29) is 11.3 Å². The van der Waals surface area contributed by atoms with Gasteiger partial charge in [-0.2, -0.15) is 5.10 Å². The first-order valence-corrected chi connectivity index (χ1v) is 12.5. The van der Waals surface area contributed by atoms with E-state index in [1.807, 2.05) is 64.0 Å².